The molecule has 0 saturated heterocycles. The summed E-state index contributed by atoms with van der Waals surface area (Å²) >= 11 is 0. The normalized spacial score (nSPS) is 17.1. The summed E-state index contributed by atoms with van der Waals surface area (Å²) in [6, 6.07) is 0. The molecule has 0 aliphatic rings. The van der Waals surface area contributed by atoms with Gasteiger partial charge in [-0.25, -0.2) is 29.4 Å². The molecule has 0 aliphatic carbocycles. The van der Waals surface area contributed by atoms with Crippen molar-refractivity contribution < 1.29 is 22.6 Å². The molecule has 0 aliphatic heterocycles. The fourth-order valence-electron chi connectivity index (χ4n) is 2.60. The lowest BCUT2D eigenvalue weighted by molar-refractivity contribution is 0.352. The van der Waals surface area contributed by atoms with Crippen molar-refractivity contribution in [2.75, 3.05) is 19.6 Å². The van der Waals surface area contributed by atoms with E-state index in [-0.39, 0.29) is 23.2 Å². The fraction of sp³-hybridized carbons (Fsp3) is 0.824. The van der Waals surface area contributed by atoms with E-state index in [0.717, 1.165) is 0 Å². The average Bonchev–Trinajstić information content (AvgIpc) is 2.60. The van der Waals surface area contributed by atoms with E-state index in [9.17, 15) is 14.4 Å². The third kappa shape index (κ3) is 8.38. The lowest BCUT2D eigenvalue weighted by Gasteiger charge is -2.46. The predicted molar refractivity (Wildman–Crippen MR) is 116 cm³/mol. The van der Waals surface area contributed by atoms with Crippen molar-refractivity contribution in [3.8, 4) is 0 Å². The van der Waals surface area contributed by atoms with Gasteiger partial charge in [-0.05, 0) is 43.8 Å². The highest BCUT2D eigenvalue weighted by Gasteiger charge is 2.49. The average molecular weight is 444 g/mol. The molecule has 28 heavy (non-hydrogen) atoms. The fourth-order valence-corrected chi connectivity index (χ4v) is 16.2. The van der Waals surface area contributed by atoms with Crippen LogP contribution in [0.25, 0.3) is 0 Å². The Kier molecular flexibility index (Phi) is 11.1. The highest BCUT2D eigenvalue weighted by Crippen LogP contribution is 2.37. The van der Waals surface area contributed by atoms with Crippen LogP contribution in [0.15, 0.2) is 15.0 Å². The summed E-state index contributed by atoms with van der Waals surface area (Å²) in [7, 11) is -7.36. The van der Waals surface area contributed by atoms with E-state index in [4.69, 9.17) is 8.23 Å². The third-order valence-electron chi connectivity index (χ3n) is 5.49. The van der Waals surface area contributed by atoms with Crippen LogP contribution in [-0.2, 0) is 22.6 Å². The zero-order valence-corrected chi connectivity index (χ0v) is 21.2. The lowest BCUT2D eigenvalue weighted by Crippen LogP contribution is -2.59. The molecule has 0 radical (unpaired) electrons. The highest BCUT2D eigenvalue weighted by molar-refractivity contribution is 6.89. The lowest BCUT2D eigenvalue weighted by atomic mass is 10.5. The van der Waals surface area contributed by atoms with Gasteiger partial charge in [-0.2, -0.15) is 0 Å². The van der Waals surface area contributed by atoms with Crippen molar-refractivity contribution in [3.05, 3.63) is 0 Å². The van der Waals surface area contributed by atoms with Gasteiger partial charge >= 0.3 is 8.56 Å². The van der Waals surface area contributed by atoms with Gasteiger partial charge < -0.3 is 8.23 Å². The van der Waals surface area contributed by atoms with Crippen molar-refractivity contribution in [2.45, 2.75) is 70.1 Å². The molecule has 0 amide bonds. The molecule has 3 atom stereocenters. The zero-order valence-electron chi connectivity index (χ0n) is 18.2. The number of aliphatic imine (C=N–C) groups is 3. The van der Waals surface area contributed by atoms with Crippen LogP contribution < -0.4 is 0 Å². The summed E-state index contributed by atoms with van der Waals surface area (Å²) < 4.78 is 13.5. The van der Waals surface area contributed by atoms with E-state index in [1.807, 2.05) is 27.3 Å². The summed E-state index contributed by atoms with van der Waals surface area (Å²) in [5.41, 5.74) is 0.108. The first-order valence-corrected chi connectivity index (χ1v) is 17.7. The molecule has 0 N–H and O–H groups in total. The molecule has 158 valence electrons. The Labute approximate surface area is 171 Å². The molecule has 0 heterocycles. The summed E-state index contributed by atoms with van der Waals surface area (Å²) in [5, 5.41) is 0. The minimum Gasteiger partial charge on any atom is -0.436 e. The van der Waals surface area contributed by atoms with Gasteiger partial charge in [-0.3, -0.25) is 0 Å². The van der Waals surface area contributed by atoms with Gasteiger partial charge in [0.05, 0.1) is 19.6 Å². The van der Waals surface area contributed by atoms with Gasteiger partial charge in [0.25, 0.3) is 0 Å². The maximum atomic E-state index is 10.6. The minimum atomic E-state index is -2.79. The van der Waals surface area contributed by atoms with Crippen LogP contribution in [0, 0.1) is 0 Å². The zero-order chi connectivity index (χ0) is 22.0. The van der Waals surface area contributed by atoms with Gasteiger partial charge in [0.1, 0.15) is 0 Å². The second-order valence-electron chi connectivity index (χ2n) is 8.43. The van der Waals surface area contributed by atoms with Gasteiger partial charge in [0, 0.05) is 5.54 Å². The molecule has 0 fully saturated rings. The quantitative estimate of drug-likeness (QED) is 0.245. The standard InChI is InChI=1S/C17H33N3O5Si3/c1-15(9-18-12-21)26(4,5)24-28(8,17(3)11-20-14-23)25-27(6,7)16(2)10-19-13-22/h15-17H,9-11H2,1-8H3. The van der Waals surface area contributed by atoms with Crippen LogP contribution in [0.2, 0.25) is 49.4 Å². The SMILES string of the molecule is CC(CN=C=O)[Si](C)(C)O[Si](C)(O[Si](C)(C)C(C)CN=C=O)C(C)CN=C=O. The minimum absolute atomic E-state index is 0.0731. The number of carbonyl (C=O) groups excluding carboxylic acids is 3. The van der Waals surface area contributed by atoms with Crippen molar-refractivity contribution >= 4 is 43.4 Å². The first kappa shape index (κ1) is 26.7. The molecule has 0 spiro atoms. The van der Waals surface area contributed by atoms with E-state index in [1.165, 1.54) is 0 Å². The van der Waals surface area contributed by atoms with Crippen LogP contribution in [0.1, 0.15) is 20.8 Å². The molecule has 0 aromatic rings. The molecule has 0 bridgehead atoms. The van der Waals surface area contributed by atoms with Crippen molar-refractivity contribution in [3.63, 3.8) is 0 Å². The maximum Gasteiger partial charge on any atom is 0.319 e. The first-order valence-electron chi connectivity index (χ1n) is 9.37. The molecule has 0 aromatic carbocycles. The van der Waals surface area contributed by atoms with Crippen LogP contribution in [0.4, 0.5) is 0 Å². The van der Waals surface area contributed by atoms with Crippen molar-refractivity contribution in [2.24, 2.45) is 15.0 Å². The van der Waals surface area contributed by atoms with E-state index >= 15 is 0 Å². The Hall–Kier alpha value is -1.29. The topological polar surface area (TPSA) is 107 Å². The molecule has 8 nitrogen and oxygen atoms in total. The second-order valence-corrected chi connectivity index (χ2v) is 21.5. The first-order chi connectivity index (χ1) is 12.9. The van der Waals surface area contributed by atoms with Crippen LogP contribution in [-0.4, -0.2) is 63.1 Å². The Morgan fingerprint density at radius 2 is 0.929 bits per heavy atom. The van der Waals surface area contributed by atoms with Crippen LogP contribution in [0.5, 0.6) is 0 Å². The van der Waals surface area contributed by atoms with Gasteiger partial charge in [0.15, 0.2) is 16.6 Å². The van der Waals surface area contributed by atoms with Crippen molar-refractivity contribution in [1.29, 1.82) is 0 Å². The summed E-state index contributed by atoms with van der Waals surface area (Å²) in [6.07, 6.45) is 4.76. The van der Waals surface area contributed by atoms with E-state index in [1.54, 1.807) is 18.2 Å². The molecule has 11 heteroatoms. The molecule has 0 aromatic heterocycles. The van der Waals surface area contributed by atoms with Gasteiger partial charge in [0.2, 0.25) is 18.2 Å². The van der Waals surface area contributed by atoms with Gasteiger partial charge in [-0.15, -0.1) is 0 Å². The Morgan fingerprint density at radius 1 is 0.643 bits per heavy atom. The molecular weight excluding hydrogens is 410 g/mol. The van der Waals surface area contributed by atoms with E-state index in [0.29, 0.717) is 13.1 Å². The Bertz CT molecular complexity index is 614. The second kappa shape index (κ2) is 11.6. The monoisotopic (exact) mass is 443 g/mol. The number of rotatable bonds is 13. The maximum absolute atomic E-state index is 10.6. The van der Waals surface area contributed by atoms with Gasteiger partial charge in [-0.1, -0.05) is 20.8 Å². The number of hydrogen-bond acceptors (Lipinski definition) is 8. The van der Waals surface area contributed by atoms with Crippen LogP contribution in [0.3, 0.4) is 0 Å². The number of nitrogens with zero attached hydrogens (tertiary/aromatic N) is 3. The molecule has 0 saturated carbocycles. The largest absolute Gasteiger partial charge is 0.436 e. The highest BCUT2D eigenvalue weighted by atomic mass is 28.5. The number of isocyanates is 3. The summed E-state index contributed by atoms with van der Waals surface area (Å²) in [5.74, 6) is 0. The van der Waals surface area contributed by atoms with Crippen molar-refractivity contribution in [1.82, 2.24) is 0 Å². The van der Waals surface area contributed by atoms with Crippen LogP contribution >= 0.6 is 0 Å². The smallest absolute Gasteiger partial charge is 0.319 e. The van der Waals surface area contributed by atoms with E-state index < -0.39 is 25.2 Å². The Balaban J connectivity index is 5.78. The third-order valence-corrected chi connectivity index (χ3v) is 20.0. The van der Waals surface area contributed by atoms with E-state index in [2.05, 4.69) is 41.2 Å². The predicted octanol–water partition coefficient (Wildman–Crippen LogP) is 3.68. The number of hydrogen-bond donors (Lipinski definition) is 0. The molecular formula is C17H33N3O5Si3. The molecule has 3 unspecified atom stereocenters. The summed E-state index contributed by atoms with van der Waals surface area (Å²) in [6.45, 7) is 17.3. The summed E-state index contributed by atoms with van der Waals surface area (Å²) in [4.78, 5) is 42.8. The molecule has 0 rings (SSSR count). The Morgan fingerprint density at radius 3 is 1.21 bits per heavy atom.